The summed E-state index contributed by atoms with van der Waals surface area (Å²) in [7, 11) is 2.47. The van der Waals surface area contributed by atoms with E-state index in [-0.39, 0.29) is 0 Å². The van der Waals surface area contributed by atoms with E-state index in [0.29, 0.717) is 10.5 Å². The predicted molar refractivity (Wildman–Crippen MR) is 81.3 cm³/mol. The van der Waals surface area contributed by atoms with E-state index in [9.17, 15) is 0 Å². The molecule has 4 nitrogen and oxygen atoms in total. The molecule has 0 radical (unpaired) electrons. The Morgan fingerprint density at radius 2 is 1.79 bits per heavy atom. The average Bonchev–Trinajstić information content (AvgIpc) is 2.46. The maximum absolute atomic E-state index is 5.46. The fourth-order valence-electron chi connectivity index (χ4n) is 1.93. The van der Waals surface area contributed by atoms with Crippen LogP contribution in [0.1, 0.15) is 24.8 Å². The first kappa shape index (κ1) is 16.7. The molecular formula is C13H23NO3SSi. The average molecular weight is 301 g/mol. The lowest BCUT2D eigenvalue weighted by atomic mass is 10.3. The van der Waals surface area contributed by atoms with Crippen molar-refractivity contribution in [1.82, 2.24) is 4.98 Å². The number of aromatic nitrogens is 1. The Balaban J connectivity index is 2.57. The number of thioether (sulfide) groups is 1. The van der Waals surface area contributed by atoms with Crippen molar-refractivity contribution in [3.8, 4) is 0 Å². The number of rotatable bonds is 8. The highest BCUT2D eigenvalue weighted by molar-refractivity contribution is 8.00. The van der Waals surface area contributed by atoms with Crippen LogP contribution in [0.4, 0.5) is 0 Å². The van der Waals surface area contributed by atoms with Gasteiger partial charge in [0.2, 0.25) is 0 Å². The van der Waals surface area contributed by atoms with Crippen LogP contribution >= 0.6 is 11.8 Å². The summed E-state index contributed by atoms with van der Waals surface area (Å²) in [5.74, 6) is 0. The van der Waals surface area contributed by atoms with Crippen LogP contribution in [-0.2, 0) is 13.3 Å². The summed E-state index contributed by atoms with van der Waals surface area (Å²) in [5.41, 5.74) is 1.10. The van der Waals surface area contributed by atoms with E-state index in [4.69, 9.17) is 13.3 Å². The van der Waals surface area contributed by atoms with Crippen molar-refractivity contribution in [3.05, 3.63) is 30.1 Å². The molecule has 0 saturated carbocycles. The lowest BCUT2D eigenvalue weighted by Crippen LogP contribution is -2.44. The van der Waals surface area contributed by atoms with Crippen molar-refractivity contribution in [1.29, 1.82) is 0 Å². The molecule has 2 unspecified atom stereocenters. The van der Waals surface area contributed by atoms with Crippen molar-refractivity contribution in [2.24, 2.45) is 0 Å². The normalized spacial score (nSPS) is 15.2. The summed E-state index contributed by atoms with van der Waals surface area (Å²) in [6.07, 6.45) is 1.83. The van der Waals surface area contributed by atoms with E-state index in [1.165, 1.54) is 0 Å². The first-order chi connectivity index (χ1) is 9.06. The second-order valence-corrected chi connectivity index (χ2v) is 9.13. The first-order valence-electron chi connectivity index (χ1n) is 6.28. The summed E-state index contributed by atoms with van der Waals surface area (Å²) >= 11 is 1.86. The van der Waals surface area contributed by atoms with Gasteiger partial charge in [-0.3, -0.25) is 4.98 Å². The van der Waals surface area contributed by atoms with Crippen LogP contribution < -0.4 is 0 Å². The van der Waals surface area contributed by atoms with Crippen LogP contribution in [0.5, 0.6) is 0 Å². The van der Waals surface area contributed by atoms with Crippen molar-refractivity contribution in [2.75, 3.05) is 21.3 Å². The summed E-state index contributed by atoms with van der Waals surface area (Å²) in [6, 6.07) is 6.79. The van der Waals surface area contributed by atoms with Gasteiger partial charge in [0, 0.05) is 44.1 Å². The van der Waals surface area contributed by atoms with Gasteiger partial charge in [0.1, 0.15) is 0 Å². The van der Waals surface area contributed by atoms with Gasteiger partial charge < -0.3 is 13.3 Å². The molecule has 1 aromatic heterocycles. The fourth-order valence-corrected chi connectivity index (χ4v) is 5.61. The van der Waals surface area contributed by atoms with Crippen LogP contribution in [-0.4, -0.2) is 40.4 Å². The Kier molecular flexibility index (Phi) is 7.02. The van der Waals surface area contributed by atoms with E-state index >= 15 is 0 Å². The van der Waals surface area contributed by atoms with Crippen molar-refractivity contribution in [3.63, 3.8) is 0 Å². The van der Waals surface area contributed by atoms with Gasteiger partial charge in [-0.1, -0.05) is 13.0 Å². The molecule has 2 atom stereocenters. The largest absolute Gasteiger partial charge is 0.501 e. The molecule has 6 heteroatoms. The molecule has 19 heavy (non-hydrogen) atoms. The monoisotopic (exact) mass is 301 g/mol. The quantitative estimate of drug-likeness (QED) is 0.690. The maximum atomic E-state index is 5.46. The molecule has 1 aromatic rings. The summed E-state index contributed by atoms with van der Waals surface area (Å²) in [5, 5.41) is 0.719. The number of pyridine rings is 1. The lowest BCUT2D eigenvalue weighted by Gasteiger charge is -2.27. The zero-order valence-corrected chi connectivity index (χ0v) is 14.1. The molecule has 1 rings (SSSR count). The second kappa shape index (κ2) is 8.01. The van der Waals surface area contributed by atoms with E-state index in [1.807, 2.05) is 30.1 Å². The topological polar surface area (TPSA) is 40.6 Å². The smallest absolute Gasteiger partial charge is 0.377 e. The predicted octanol–water partition coefficient (Wildman–Crippen LogP) is 3.14. The molecule has 0 aliphatic carbocycles. The van der Waals surface area contributed by atoms with E-state index in [2.05, 4.69) is 24.9 Å². The highest BCUT2D eigenvalue weighted by atomic mass is 32.2. The second-order valence-electron chi connectivity index (χ2n) is 4.34. The molecule has 1 heterocycles. The highest BCUT2D eigenvalue weighted by Crippen LogP contribution is 2.34. The van der Waals surface area contributed by atoms with E-state index in [1.54, 1.807) is 21.3 Å². The molecule has 0 spiro atoms. The third-order valence-corrected chi connectivity index (χ3v) is 7.57. The molecule has 0 aliphatic rings. The van der Waals surface area contributed by atoms with Crippen LogP contribution in [0.2, 0.25) is 6.04 Å². The summed E-state index contributed by atoms with van der Waals surface area (Å²) in [6.45, 7) is 4.34. The first-order valence-corrected chi connectivity index (χ1v) is 9.16. The van der Waals surface area contributed by atoms with Gasteiger partial charge in [-0.2, -0.15) is 0 Å². The molecule has 0 aliphatic heterocycles. The van der Waals surface area contributed by atoms with Gasteiger partial charge >= 0.3 is 8.80 Å². The zero-order chi connectivity index (χ0) is 14.3. The van der Waals surface area contributed by atoms with Gasteiger partial charge in [-0.15, -0.1) is 11.8 Å². The van der Waals surface area contributed by atoms with Crippen LogP contribution in [0.3, 0.4) is 0 Å². The molecule has 0 saturated heterocycles. The highest BCUT2D eigenvalue weighted by Gasteiger charge is 2.39. The van der Waals surface area contributed by atoms with Gasteiger partial charge in [-0.25, -0.2) is 0 Å². The van der Waals surface area contributed by atoms with Crippen LogP contribution in [0.15, 0.2) is 24.4 Å². The van der Waals surface area contributed by atoms with Gasteiger partial charge in [-0.05, 0) is 19.1 Å². The Morgan fingerprint density at radius 3 is 2.26 bits per heavy atom. The molecule has 0 bridgehead atoms. The molecule has 0 amide bonds. The molecule has 0 N–H and O–H groups in total. The Morgan fingerprint density at radius 1 is 1.16 bits per heavy atom. The standard InChI is InChI=1S/C13H23NO3SSi/c1-11(10-19(15-3,16-4)17-5)18-12(2)13-8-6-7-9-14-13/h6-9,11-12H,10H2,1-5H3. The summed E-state index contributed by atoms with van der Waals surface area (Å²) < 4.78 is 16.4. The number of hydrogen-bond acceptors (Lipinski definition) is 5. The zero-order valence-electron chi connectivity index (χ0n) is 12.3. The van der Waals surface area contributed by atoms with E-state index < -0.39 is 8.80 Å². The van der Waals surface area contributed by atoms with Crippen molar-refractivity contribution >= 4 is 20.6 Å². The number of hydrogen-bond donors (Lipinski definition) is 0. The fraction of sp³-hybridized carbons (Fsp3) is 0.615. The van der Waals surface area contributed by atoms with Crippen LogP contribution in [0, 0.1) is 0 Å². The Labute approximate surface area is 121 Å². The molecule has 108 valence electrons. The van der Waals surface area contributed by atoms with E-state index in [0.717, 1.165) is 11.7 Å². The SMILES string of the molecule is CO[Si](CC(C)SC(C)c1ccccn1)(OC)OC. The third kappa shape index (κ3) is 4.89. The van der Waals surface area contributed by atoms with Gasteiger partial charge in [0.05, 0.1) is 5.69 Å². The molecule has 0 aromatic carbocycles. The van der Waals surface area contributed by atoms with Crippen molar-refractivity contribution < 1.29 is 13.3 Å². The lowest BCUT2D eigenvalue weighted by molar-refractivity contribution is 0.124. The van der Waals surface area contributed by atoms with Gasteiger partial charge in [0.15, 0.2) is 0 Å². The van der Waals surface area contributed by atoms with Crippen molar-refractivity contribution in [2.45, 2.75) is 30.4 Å². The molecule has 0 fully saturated rings. The number of nitrogens with zero attached hydrogens (tertiary/aromatic N) is 1. The molecular weight excluding hydrogens is 278 g/mol. The third-order valence-electron chi connectivity index (χ3n) is 3.01. The minimum absolute atomic E-state index is 0.341. The van der Waals surface area contributed by atoms with Crippen LogP contribution in [0.25, 0.3) is 0 Å². The minimum atomic E-state index is -2.49. The minimum Gasteiger partial charge on any atom is -0.377 e. The maximum Gasteiger partial charge on any atom is 0.501 e. The van der Waals surface area contributed by atoms with Gasteiger partial charge in [0.25, 0.3) is 0 Å². The summed E-state index contributed by atoms with van der Waals surface area (Å²) in [4.78, 5) is 4.39. The Bertz CT molecular complexity index is 354. The Hall–Kier alpha value is -0.403.